The average molecular weight is 475 g/mol. The number of aryl methyl sites for hydroxylation is 1. The van der Waals surface area contributed by atoms with Crippen LogP contribution in [0.5, 0.6) is 11.5 Å². The predicted octanol–water partition coefficient (Wildman–Crippen LogP) is 7.29. The topological polar surface area (TPSA) is 84.9 Å². The first kappa shape index (κ1) is 23.0. The van der Waals surface area contributed by atoms with Gasteiger partial charge in [0.15, 0.2) is 0 Å². The third kappa shape index (κ3) is 5.15. The van der Waals surface area contributed by atoms with Crippen LogP contribution in [0.15, 0.2) is 91.5 Å². The zero-order chi connectivity index (χ0) is 24.7. The molecule has 0 aliphatic rings. The number of nitrogens with one attached hydrogen (secondary N) is 2. The summed E-state index contributed by atoms with van der Waals surface area (Å²) in [6.45, 7) is 4.08. The minimum atomic E-state index is 0.743. The van der Waals surface area contributed by atoms with E-state index in [-0.39, 0.29) is 0 Å². The van der Waals surface area contributed by atoms with Crippen LogP contribution < -0.4 is 15.4 Å². The van der Waals surface area contributed by atoms with E-state index in [1.54, 1.807) is 12.7 Å². The second-order valence-electron chi connectivity index (χ2n) is 8.08. The molecular formula is C29H26N6O. The van der Waals surface area contributed by atoms with Crippen molar-refractivity contribution in [2.45, 2.75) is 20.3 Å². The Balaban J connectivity index is 1.25. The highest BCUT2D eigenvalue weighted by Crippen LogP contribution is 2.28. The highest BCUT2D eigenvalue weighted by atomic mass is 16.5. The van der Waals surface area contributed by atoms with Crippen molar-refractivity contribution in [1.82, 2.24) is 19.9 Å². The van der Waals surface area contributed by atoms with E-state index in [1.165, 1.54) is 0 Å². The molecule has 0 unspecified atom stereocenters. The van der Waals surface area contributed by atoms with Crippen LogP contribution in [0.25, 0.3) is 17.0 Å². The van der Waals surface area contributed by atoms with Crippen LogP contribution in [0.3, 0.4) is 0 Å². The van der Waals surface area contributed by atoms with Gasteiger partial charge in [0.05, 0.1) is 11.2 Å². The summed E-state index contributed by atoms with van der Waals surface area (Å²) in [7, 11) is 0. The summed E-state index contributed by atoms with van der Waals surface area (Å²) in [6, 6.07) is 23.5. The molecule has 0 aliphatic carbocycles. The second kappa shape index (κ2) is 10.7. The second-order valence-corrected chi connectivity index (χ2v) is 8.08. The monoisotopic (exact) mass is 474 g/mol. The molecule has 0 saturated carbocycles. The normalized spacial score (nSPS) is 11.1. The Hall–Kier alpha value is -4.78. The van der Waals surface area contributed by atoms with E-state index in [4.69, 9.17) is 4.74 Å². The number of allylic oxidation sites excluding steroid dienone is 1. The molecule has 2 heterocycles. The first-order valence-electron chi connectivity index (χ1n) is 11.8. The molecule has 178 valence electrons. The van der Waals surface area contributed by atoms with Crippen molar-refractivity contribution in [2.24, 2.45) is 0 Å². The van der Waals surface area contributed by atoms with Crippen LogP contribution in [0.1, 0.15) is 25.1 Å². The Morgan fingerprint density at radius 3 is 2.00 bits per heavy atom. The number of hydrogen-bond donors (Lipinski definition) is 2. The van der Waals surface area contributed by atoms with Gasteiger partial charge in [0.2, 0.25) is 0 Å². The van der Waals surface area contributed by atoms with E-state index >= 15 is 0 Å². The van der Waals surface area contributed by atoms with Gasteiger partial charge in [0.25, 0.3) is 0 Å². The van der Waals surface area contributed by atoms with Crippen LogP contribution in [0, 0.1) is 0 Å². The maximum absolute atomic E-state index is 6.04. The molecule has 0 atom stereocenters. The van der Waals surface area contributed by atoms with E-state index in [2.05, 4.69) is 37.5 Å². The zero-order valence-corrected chi connectivity index (χ0v) is 20.1. The van der Waals surface area contributed by atoms with E-state index in [0.717, 1.165) is 63.1 Å². The fourth-order valence-electron chi connectivity index (χ4n) is 3.88. The molecule has 0 fully saturated rings. The number of fused-ring (bicyclic) bond motifs is 1. The van der Waals surface area contributed by atoms with E-state index in [9.17, 15) is 0 Å². The summed E-state index contributed by atoms with van der Waals surface area (Å²) in [5.74, 6) is 3.04. The molecule has 5 aromatic rings. The van der Waals surface area contributed by atoms with Crippen LogP contribution in [-0.2, 0) is 6.42 Å². The molecule has 0 radical (unpaired) electrons. The molecule has 0 amide bonds. The minimum Gasteiger partial charge on any atom is -0.457 e. The van der Waals surface area contributed by atoms with E-state index in [0.29, 0.717) is 0 Å². The molecule has 7 heteroatoms. The number of ether oxygens (including phenoxy) is 1. The maximum atomic E-state index is 6.04. The van der Waals surface area contributed by atoms with Gasteiger partial charge in [-0.25, -0.2) is 19.9 Å². The fourth-order valence-corrected chi connectivity index (χ4v) is 3.88. The van der Waals surface area contributed by atoms with Crippen molar-refractivity contribution in [3.63, 3.8) is 0 Å². The molecule has 0 bridgehead atoms. The van der Waals surface area contributed by atoms with Gasteiger partial charge in [0, 0.05) is 22.3 Å². The van der Waals surface area contributed by atoms with Crippen molar-refractivity contribution in [2.75, 3.05) is 10.6 Å². The van der Waals surface area contributed by atoms with Gasteiger partial charge in [0.1, 0.15) is 35.8 Å². The first-order valence-corrected chi connectivity index (χ1v) is 11.8. The molecule has 2 N–H and O–H groups in total. The summed E-state index contributed by atoms with van der Waals surface area (Å²) in [6.07, 6.45) is 8.03. The Kier molecular flexibility index (Phi) is 6.80. The molecule has 5 rings (SSSR count). The van der Waals surface area contributed by atoms with Crippen molar-refractivity contribution in [3.8, 4) is 11.5 Å². The smallest absolute Gasteiger partial charge is 0.141 e. The predicted molar refractivity (Wildman–Crippen MR) is 145 cm³/mol. The van der Waals surface area contributed by atoms with Crippen LogP contribution in [-0.4, -0.2) is 19.9 Å². The minimum absolute atomic E-state index is 0.743. The largest absolute Gasteiger partial charge is 0.457 e. The van der Waals surface area contributed by atoms with Crippen LogP contribution in [0.2, 0.25) is 0 Å². The summed E-state index contributed by atoms with van der Waals surface area (Å²) in [4.78, 5) is 17.5. The Morgan fingerprint density at radius 1 is 0.722 bits per heavy atom. The lowest BCUT2D eigenvalue weighted by Crippen LogP contribution is -2.02. The molecule has 2 aromatic heterocycles. The van der Waals surface area contributed by atoms with Crippen LogP contribution >= 0.6 is 0 Å². The highest BCUT2D eigenvalue weighted by molar-refractivity contribution is 5.90. The number of anilines is 4. The Bertz CT molecular complexity index is 1490. The van der Waals surface area contributed by atoms with Crippen LogP contribution in [0.4, 0.5) is 23.0 Å². The maximum Gasteiger partial charge on any atom is 0.141 e. The molecule has 0 spiro atoms. The molecule has 7 nitrogen and oxygen atoms in total. The van der Waals surface area contributed by atoms with Crippen molar-refractivity contribution in [1.29, 1.82) is 0 Å². The highest BCUT2D eigenvalue weighted by Gasteiger charge is 2.08. The molecule has 0 aliphatic heterocycles. The lowest BCUT2D eigenvalue weighted by Gasteiger charge is -2.12. The summed E-state index contributed by atoms with van der Waals surface area (Å²) < 4.78 is 6.04. The third-order valence-corrected chi connectivity index (χ3v) is 5.65. The summed E-state index contributed by atoms with van der Waals surface area (Å²) >= 11 is 0. The van der Waals surface area contributed by atoms with Crippen molar-refractivity contribution >= 4 is 40.0 Å². The SMILES string of the molecule is C/C=C\c1c(CC)ncnc1Nc1ccc(Oc2ccc(Nc3ncnc4ccccc34)cc2)cc1. The van der Waals surface area contributed by atoms with E-state index < -0.39 is 0 Å². The Labute approximate surface area is 210 Å². The fraction of sp³-hybridized carbons (Fsp3) is 0.103. The standard InChI is InChI=1S/C29H26N6O/c1-3-7-24-26(4-2)30-18-32-28(24)34-20-10-14-22(15-11-20)36-23-16-12-21(13-17-23)35-29-25-8-5-6-9-27(25)31-19-33-29/h3,5-19H,4H2,1-2H3,(H,30,32,34)(H,31,33,35)/b7-3-. The van der Waals surface area contributed by atoms with Crippen molar-refractivity contribution in [3.05, 3.63) is 103 Å². The molecular weight excluding hydrogens is 448 g/mol. The number of nitrogens with zero attached hydrogens (tertiary/aromatic N) is 4. The lowest BCUT2D eigenvalue weighted by molar-refractivity contribution is 0.483. The van der Waals surface area contributed by atoms with Gasteiger partial charge < -0.3 is 15.4 Å². The lowest BCUT2D eigenvalue weighted by atomic mass is 10.1. The number of rotatable bonds is 8. The number of aromatic nitrogens is 4. The van der Waals surface area contributed by atoms with Gasteiger partial charge >= 0.3 is 0 Å². The first-order chi connectivity index (χ1) is 17.7. The number of para-hydroxylation sites is 1. The zero-order valence-electron chi connectivity index (χ0n) is 20.1. The van der Waals surface area contributed by atoms with E-state index in [1.807, 2.05) is 91.9 Å². The number of benzene rings is 3. The van der Waals surface area contributed by atoms with Gasteiger partial charge in [-0.1, -0.05) is 31.2 Å². The van der Waals surface area contributed by atoms with Gasteiger partial charge in [-0.3, -0.25) is 0 Å². The quantitative estimate of drug-likeness (QED) is 0.244. The molecule has 3 aromatic carbocycles. The summed E-state index contributed by atoms with van der Waals surface area (Å²) in [5, 5.41) is 7.72. The summed E-state index contributed by atoms with van der Waals surface area (Å²) in [5.41, 5.74) is 4.75. The van der Waals surface area contributed by atoms with Crippen molar-refractivity contribution < 1.29 is 4.74 Å². The van der Waals surface area contributed by atoms with Gasteiger partial charge in [-0.05, 0) is 74.0 Å². The molecule has 36 heavy (non-hydrogen) atoms. The average Bonchev–Trinajstić information content (AvgIpc) is 2.92. The Morgan fingerprint density at radius 2 is 1.33 bits per heavy atom. The number of hydrogen-bond acceptors (Lipinski definition) is 7. The molecule has 0 saturated heterocycles. The van der Waals surface area contributed by atoms with Gasteiger partial charge in [-0.2, -0.15) is 0 Å². The third-order valence-electron chi connectivity index (χ3n) is 5.65. The van der Waals surface area contributed by atoms with Gasteiger partial charge in [-0.15, -0.1) is 0 Å².